The molecular formula is C28H29FN6OS. The molecule has 4 rings (SSSR count). The first kappa shape index (κ1) is 26.1. The van der Waals surface area contributed by atoms with Crippen LogP contribution in [0.15, 0.2) is 86.9 Å². The molecule has 0 atom stereocenters. The second-order valence-corrected chi connectivity index (χ2v) is 9.43. The summed E-state index contributed by atoms with van der Waals surface area (Å²) >= 11 is 1.74. The fraction of sp³-hybridized carbons (Fsp3) is 0.214. The molecular weight excluding hydrogens is 487 g/mol. The maximum Gasteiger partial charge on any atom is 0.190 e. The summed E-state index contributed by atoms with van der Waals surface area (Å²) in [5.41, 5.74) is 12.2. The molecule has 190 valence electrons. The van der Waals surface area contributed by atoms with Crippen LogP contribution < -0.4 is 15.6 Å². The molecule has 2 N–H and O–H groups in total. The summed E-state index contributed by atoms with van der Waals surface area (Å²) in [6.07, 6.45) is 5.18. The van der Waals surface area contributed by atoms with Gasteiger partial charge in [-0.2, -0.15) is 5.10 Å². The van der Waals surface area contributed by atoms with E-state index in [9.17, 15) is 4.53 Å². The van der Waals surface area contributed by atoms with E-state index in [1.807, 2.05) is 24.3 Å². The molecule has 1 aliphatic heterocycles. The van der Waals surface area contributed by atoms with Gasteiger partial charge in [0.05, 0.1) is 11.9 Å². The molecule has 1 heterocycles. The number of hydrogen-bond acceptors (Lipinski definition) is 5. The van der Waals surface area contributed by atoms with Crippen molar-refractivity contribution < 1.29 is 9.47 Å². The molecule has 9 heteroatoms. The minimum atomic E-state index is 0.115. The number of nitrogens with two attached hydrogens (primary N) is 1. The zero-order valence-electron chi connectivity index (χ0n) is 20.8. The van der Waals surface area contributed by atoms with Crippen LogP contribution in [0, 0.1) is 6.92 Å². The Bertz CT molecular complexity index is 1320. The average Bonchev–Trinajstić information content (AvgIpc) is 2.94. The van der Waals surface area contributed by atoms with Crippen molar-refractivity contribution in [3.8, 4) is 5.75 Å². The SMILES string of the molecule is CCc1cccc(C)c1N1CCCS/C1=N\N=C\c1ccc(C(N)=NC=Nc2ccc(OF)cc2)cc1. The Morgan fingerprint density at radius 3 is 2.62 bits per heavy atom. The van der Waals surface area contributed by atoms with Crippen molar-refractivity contribution in [1.82, 2.24) is 0 Å². The van der Waals surface area contributed by atoms with Gasteiger partial charge in [-0.15, -0.1) is 5.10 Å². The smallest absolute Gasteiger partial charge is 0.190 e. The van der Waals surface area contributed by atoms with Crippen LogP contribution in [0.5, 0.6) is 5.75 Å². The maximum atomic E-state index is 12.1. The highest BCUT2D eigenvalue weighted by Crippen LogP contribution is 2.31. The van der Waals surface area contributed by atoms with Crippen LogP contribution in [0.3, 0.4) is 0 Å². The van der Waals surface area contributed by atoms with Crippen LogP contribution in [0.2, 0.25) is 0 Å². The van der Waals surface area contributed by atoms with Crippen molar-refractivity contribution in [2.75, 3.05) is 17.2 Å². The fourth-order valence-corrected chi connectivity index (χ4v) is 4.84. The maximum absolute atomic E-state index is 12.1. The van der Waals surface area contributed by atoms with Crippen molar-refractivity contribution >= 4 is 46.7 Å². The average molecular weight is 517 g/mol. The predicted molar refractivity (Wildman–Crippen MR) is 154 cm³/mol. The third-order valence-corrected chi connectivity index (χ3v) is 6.90. The van der Waals surface area contributed by atoms with Crippen LogP contribution in [0.25, 0.3) is 0 Å². The third-order valence-electron chi connectivity index (χ3n) is 5.85. The number of para-hydroxylation sites is 1. The third kappa shape index (κ3) is 6.83. The Kier molecular flexibility index (Phi) is 9.04. The highest BCUT2D eigenvalue weighted by molar-refractivity contribution is 8.14. The molecule has 0 aromatic heterocycles. The first-order chi connectivity index (χ1) is 18.1. The number of aliphatic imine (C=N–C) groups is 2. The minimum Gasteiger partial charge on any atom is -0.383 e. The minimum absolute atomic E-state index is 0.115. The predicted octanol–water partition coefficient (Wildman–Crippen LogP) is 6.22. The largest absolute Gasteiger partial charge is 0.383 e. The van der Waals surface area contributed by atoms with Gasteiger partial charge in [-0.3, -0.25) is 4.94 Å². The molecule has 37 heavy (non-hydrogen) atoms. The van der Waals surface area contributed by atoms with E-state index in [1.54, 1.807) is 30.1 Å². The zero-order chi connectivity index (χ0) is 26.0. The van der Waals surface area contributed by atoms with Crippen molar-refractivity contribution in [2.24, 2.45) is 25.9 Å². The number of amidine groups is 2. The monoisotopic (exact) mass is 516 g/mol. The Morgan fingerprint density at radius 1 is 1.11 bits per heavy atom. The molecule has 0 spiro atoms. The Morgan fingerprint density at radius 2 is 1.89 bits per heavy atom. The van der Waals surface area contributed by atoms with E-state index in [-0.39, 0.29) is 5.75 Å². The van der Waals surface area contributed by atoms with Gasteiger partial charge in [0, 0.05) is 28.1 Å². The van der Waals surface area contributed by atoms with Gasteiger partial charge < -0.3 is 10.6 Å². The normalized spacial score (nSPS) is 15.7. The summed E-state index contributed by atoms with van der Waals surface area (Å²) in [7, 11) is 0. The van der Waals surface area contributed by atoms with Crippen molar-refractivity contribution in [1.29, 1.82) is 0 Å². The molecule has 0 saturated carbocycles. The van der Waals surface area contributed by atoms with Crippen LogP contribution in [0.1, 0.15) is 35.6 Å². The summed E-state index contributed by atoms with van der Waals surface area (Å²) in [5.74, 6) is 1.48. The quantitative estimate of drug-likeness (QED) is 0.219. The van der Waals surface area contributed by atoms with Crippen LogP contribution >= 0.6 is 11.8 Å². The standard InChI is InChI=1S/C28H29FN6OS/c1-3-22-7-4-6-20(2)26(22)35-16-5-17-37-28(35)34-33-18-21-8-10-23(11-9-21)27(30)32-19-31-24-12-14-25(36-29)15-13-24/h4,6-15,18-19H,3,5,16-17H2,1-2H3,(H2,30,31,32)/b33-18+,34-28-. The lowest BCUT2D eigenvalue weighted by Gasteiger charge is -2.31. The van der Waals surface area contributed by atoms with E-state index in [2.05, 4.69) is 62.1 Å². The summed E-state index contributed by atoms with van der Waals surface area (Å²) in [6, 6.07) is 20.2. The van der Waals surface area contributed by atoms with Gasteiger partial charge in [0.25, 0.3) is 0 Å². The van der Waals surface area contributed by atoms with Crippen molar-refractivity contribution in [2.45, 2.75) is 26.7 Å². The highest BCUT2D eigenvalue weighted by atomic mass is 32.2. The van der Waals surface area contributed by atoms with Gasteiger partial charge >= 0.3 is 0 Å². The molecule has 3 aromatic carbocycles. The molecule has 0 bridgehead atoms. The van der Waals surface area contributed by atoms with Crippen LogP contribution in [0.4, 0.5) is 15.9 Å². The number of aryl methyl sites for hydroxylation is 2. The second-order valence-electron chi connectivity index (χ2n) is 8.37. The van der Waals surface area contributed by atoms with E-state index in [0.717, 1.165) is 41.4 Å². The number of halogens is 1. The van der Waals surface area contributed by atoms with Gasteiger partial charge in [0.15, 0.2) is 10.9 Å². The number of hydrogen-bond donors (Lipinski definition) is 1. The molecule has 0 amide bonds. The topological polar surface area (TPSA) is 87.9 Å². The first-order valence-corrected chi connectivity index (χ1v) is 13.0. The first-order valence-electron chi connectivity index (χ1n) is 12.0. The Labute approximate surface area is 220 Å². The Balaban J connectivity index is 1.43. The molecule has 3 aromatic rings. The van der Waals surface area contributed by atoms with E-state index in [1.165, 1.54) is 35.3 Å². The van der Waals surface area contributed by atoms with E-state index >= 15 is 0 Å². The van der Waals surface area contributed by atoms with E-state index in [4.69, 9.17) is 5.73 Å². The summed E-state index contributed by atoms with van der Waals surface area (Å²) < 4.78 is 12.1. The van der Waals surface area contributed by atoms with Crippen LogP contribution in [-0.4, -0.2) is 35.9 Å². The molecule has 0 unspecified atom stereocenters. The molecule has 0 radical (unpaired) electrons. The summed E-state index contributed by atoms with van der Waals surface area (Å²) in [4.78, 5) is 14.3. The van der Waals surface area contributed by atoms with Gasteiger partial charge in [-0.25, -0.2) is 9.98 Å². The number of anilines is 1. The van der Waals surface area contributed by atoms with Gasteiger partial charge in [0.1, 0.15) is 12.2 Å². The lowest BCUT2D eigenvalue weighted by Crippen LogP contribution is -2.35. The highest BCUT2D eigenvalue weighted by Gasteiger charge is 2.22. The lowest BCUT2D eigenvalue weighted by molar-refractivity contribution is -0.00618. The lowest BCUT2D eigenvalue weighted by atomic mass is 10.0. The molecule has 0 aliphatic carbocycles. The Hall–Kier alpha value is -3.98. The molecule has 1 aliphatic rings. The molecule has 7 nitrogen and oxygen atoms in total. The zero-order valence-corrected chi connectivity index (χ0v) is 21.7. The number of nitrogens with zero attached hydrogens (tertiary/aromatic N) is 5. The van der Waals surface area contributed by atoms with Gasteiger partial charge in [-0.05, 0) is 60.7 Å². The summed E-state index contributed by atoms with van der Waals surface area (Å²) in [5, 5.41) is 9.87. The second kappa shape index (κ2) is 12.8. The fourth-order valence-electron chi connectivity index (χ4n) is 3.94. The van der Waals surface area contributed by atoms with Gasteiger partial charge in [-0.1, -0.05) is 61.2 Å². The van der Waals surface area contributed by atoms with Gasteiger partial charge in [0.2, 0.25) is 0 Å². The van der Waals surface area contributed by atoms with E-state index in [0.29, 0.717) is 11.5 Å². The van der Waals surface area contributed by atoms with Crippen LogP contribution in [-0.2, 0) is 6.42 Å². The number of rotatable bonds is 8. The number of benzene rings is 3. The molecule has 1 saturated heterocycles. The van der Waals surface area contributed by atoms with E-state index < -0.39 is 0 Å². The van der Waals surface area contributed by atoms with Crippen molar-refractivity contribution in [3.05, 3.63) is 89.0 Å². The van der Waals surface area contributed by atoms with Crippen molar-refractivity contribution in [3.63, 3.8) is 0 Å². The number of thioether (sulfide) groups is 1. The molecule has 1 fully saturated rings. The summed E-state index contributed by atoms with van der Waals surface area (Å²) in [6.45, 7) is 5.27.